The van der Waals surface area contributed by atoms with E-state index < -0.39 is 0 Å². The molecule has 0 bridgehead atoms. The number of hydrogen-bond acceptors (Lipinski definition) is 0. The van der Waals surface area contributed by atoms with Gasteiger partial charge in [0.2, 0.25) is 0 Å². The molecule has 5 aromatic carbocycles. The molecule has 0 atom stereocenters. The highest BCUT2D eigenvalue weighted by molar-refractivity contribution is 5.91. The Labute approximate surface area is 361 Å². The Bertz CT molecular complexity index is 2210. The van der Waals surface area contributed by atoms with Gasteiger partial charge in [0.05, 0.1) is 44.8 Å². The van der Waals surface area contributed by atoms with Crippen LogP contribution in [-0.4, -0.2) is 9.13 Å². The maximum atomic E-state index is 4.11. The van der Waals surface area contributed by atoms with E-state index in [1.807, 2.05) is 0 Å². The summed E-state index contributed by atoms with van der Waals surface area (Å²) in [5.74, 6) is 2.58. The van der Waals surface area contributed by atoms with Crippen LogP contribution < -0.4 is 9.13 Å². The van der Waals surface area contributed by atoms with E-state index in [0.717, 1.165) is 22.1 Å². The summed E-state index contributed by atoms with van der Waals surface area (Å²) >= 11 is 0. The molecule has 0 aliphatic rings. The minimum Gasteiger partial charge on any atom is -0.292 e. The second kappa shape index (κ2) is 16.8. The van der Waals surface area contributed by atoms with Crippen LogP contribution in [0.1, 0.15) is 203 Å². The van der Waals surface area contributed by atoms with E-state index in [1.54, 1.807) is 0 Å². The smallest absolute Gasteiger partial charge is 0.269 e. The zero-order chi connectivity index (χ0) is 43.5. The highest BCUT2D eigenvalue weighted by Crippen LogP contribution is 2.39. The molecule has 0 saturated heterocycles. The van der Waals surface area contributed by atoms with Crippen molar-refractivity contribution in [2.24, 2.45) is 0 Å². The third-order valence-corrected chi connectivity index (χ3v) is 12.7. The Morgan fingerprint density at radius 3 is 0.800 bits per heavy atom. The lowest BCUT2D eigenvalue weighted by molar-refractivity contribution is -0.578. The number of benzene rings is 5. The lowest BCUT2D eigenvalue weighted by Gasteiger charge is -2.21. The van der Waals surface area contributed by atoms with Crippen LogP contribution in [0.15, 0.2) is 84.9 Å². The summed E-state index contributed by atoms with van der Waals surface area (Å²) in [7, 11) is 0. The number of hydrogen-bond donors (Lipinski definition) is 0. The van der Waals surface area contributed by atoms with Gasteiger partial charge in [-0.25, -0.2) is 0 Å². The number of fused-ring (bicyclic) bond motifs is 2. The highest BCUT2D eigenvalue weighted by atomic mass is 15.2. The van der Waals surface area contributed by atoms with Crippen molar-refractivity contribution in [3.8, 4) is 22.7 Å². The van der Waals surface area contributed by atoms with Gasteiger partial charge >= 0.3 is 0 Å². The van der Waals surface area contributed by atoms with Gasteiger partial charge in [-0.05, 0) is 104 Å². The first-order chi connectivity index (χ1) is 28.4. The maximum absolute atomic E-state index is 4.11. The Morgan fingerprint density at radius 1 is 0.333 bits per heavy atom. The topological polar surface area (TPSA) is 17.6 Å². The summed E-state index contributed by atoms with van der Waals surface area (Å²) in [6.07, 6.45) is 8.22. The van der Waals surface area contributed by atoms with Crippen LogP contribution in [0, 0.1) is 12.7 Å². The van der Waals surface area contributed by atoms with E-state index in [4.69, 9.17) is 0 Å². The average Bonchev–Trinajstić information content (AvgIpc) is 3.76. The molecule has 7 rings (SSSR count). The largest absolute Gasteiger partial charge is 0.292 e. The first kappa shape index (κ1) is 43.1. The lowest BCUT2D eigenvalue weighted by Crippen LogP contribution is -2.35. The molecule has 0 fully saturated rings. The molecule has 0 aliphatic heterocycles. The normalized spacial score (nSPS) is 12.5. The van der Waals surface area contributed by atoms with Gasteiger partial charge in [-0.3, -0.25) is 18.3 Å². The van der Waals surface area contributed by atoms with Gasteiger partial charge in [-0.2, -0.15) is 0 Å². The minimum absolute atomic E-state index is 0.323. The predicted molar refractivity (Wildman–Crippen MR) is 254 cm³/mol. The van der Waals surface area contributed by atoms with Gasteiger partial charge in [0.1, 0.15) is 0 Å². The van der Waals surface area contributed by atoms with Crippen molar-refractivity contribution in [2.75, 3.05) is 0 Å². The third-order valence-electron chi connectivity index (χ3n) is 12.7. The minimum atomic E-state index is 0.323. The summed E-state index contributed by atoms with van der Waals surface area (Å²) in [5.41, 5.74) is 20.2. The molecule has 314 valence electrons. The Morgan fingerprint density at radius 2 is 0.567 bits per heavy atom. The van der Waals surface area contributed by atoms with Gasteiger partial charge in [-0.1, -0.05) is 184 Å². The molecular formula is C56H70N4. The summed E-state index contributed by atoms with van der Waals surface area (Å²) in [5, 5.41) is 0. The van der Waals surface area contributed by atoms with Crippen LogP contribution in [0.5, 0.6) is 0 Å². The summed E-state index contributed by atoms with van der Waals surface area (Å²) in [4.78, 5) is 0. The molecule has 0 N–H and O–H groups in total. The Kier molecular flexibility index (Phi) is 12.1. The van der Waals surface area contributed by atoms with E-state index in [1.165, 1.54) is 67.3 Å². The molecule has 0 spiro atoms. The van der Waals surface area contributed by atoms with Gasteiger partial charge in [0.25, 0.3) is 12.7 Å². The van der Waals surface area contributed by atoms with Crippen molar-refractivity contribution in [1.82, 2.24) is 9.13 Å². The zero-order valence-electron chi connectivity index (χ0n) is 39.5. The van der Waals surface area contributed by atoms with Crippen LogP contribution in [0.4, 0.5) is 0 Å². The standard InChI is InChI=1S/C56H70N4/c1-33(2)41-21-17-22-42(34(3)4)53(41)57-31-58(54-43(35(5)6)23-18-24-44(54)36(7)8)50-30-52-51(29-49(50)57)59(55-45(37(9)10)25-19-26-46(55)38(11)12)32-60(52)56-47(39(13)14)27-20-28-48(56)40(15)16/h17-30,33-40H,1-16H3. The molecule has 4 heteroatoms. The monoisotopic (exact) mass is 799 g/mol. The fraction of sp³-hybridized carbons (Fsp3) is 0.429. The fourth-order valence-corrected chi connectivity index (χ4v) is 9.45. The van der Waals surface area contributed by atoms with E-state index in [-0.39, 0.29) is 0 Å². The SMILES string of the molecule is CC(C)c1cccc(C(C)C)c1-n1[c-][n+](-c2c(C(C)C)cccc2C(C)C)c2cc3c(cc21)n(-c1c(C(C)C)cccc1C(C)C)[c-][n+]3-c1c(C(C)C)cccc1C(C)C. The van der Waals surface area contributed by atoms with Crippen LogP contribution in [0.3, 0.4) is 0 Å². The quantitative estimate of drug-likeness (QED) is 0.0866. The second-order valence-corrected chi connectivity index (χ2v) is 19.7. The highest BCUT2D eigenvalue weighted by Gasteiger charge is 2.28. The molecule has 60 heavy (non-hydrogen) atoms. The van der Waals surface area contributed by atoms with Gasteiger partial charge in [0, 0.05) is 0 Å². The van der Waals surface area contributed by atoms with Crippen LogP contribution in [0.2, 0.25) is 0 Å². The molecule has 2 heterocycles. The van der Waals surface area contributed by atoms with Crippen molar-refractivity contribution in [3.63, 3.8) is 0 Å². The number of imidazole rings is 2. The third kappa shape index (κ3) is 7.43. The molecule has 7 aromatic rings. The van der Waals surface area contributed by atoms with Crippen molar-refractivity contribution in [2.45, 2.75) is 158 Å². The van der Waals surface area contributed by atoms with Crippen molar-refractivity contribution < 1.29 is 9.13 Å². The molecule has 0 aliphatic carbocycles. The summed E-state index contributed by atoms with van der Waals surface area (Å²) in [6.45, 7) is 37.2. The first-order valence-electron chi connectivity index (χ1n) is 22.9. The van der Waals surface area contributed by atoms with E-state index in [2.05, 4.69) is 227 Å². The molecule has 0 unspecified atom stereocenters. The van der Waals surface area contributed by atoms with Crippen molar-refractivity contribution in [1.29, 1.82) is 0 Å². The zero-order valence-corrected chi connectivity index (χ0v) is 39.5. The Balaban J connectivity index is 1.79. The summed E-state index contributed by atoms with van der Waals surface area (Å²) in [6, 6.07) is 32.5. The van der Waals surface area contributed by atoms with E-state index in [0.29, 0.717) is 47.3 Å². The molecule has 0 amide bonds. The van der Waals surface area contributed by atoms with Gasteiger partial charge in [0.15, 0.2) is 0 Å². The number of para-hydroxylation sites is 4. The lowest BCUT2D eigenvalue weighted by atomic mass is 9.92. The molecule has 0 saturated carbocycles. The molecule has 2 aromatic heterocycles. The predicted octanol–water partition coefficient (Wildman–Crippen LogP) is 14.7. The fourth-order valence-electron chi connectivity index (χ4n) is 9.45. The molecular weight excluding hydrogens is 729 g/mol. The number of aromatic nitrogens is 4. The van der Waals surface area contributed by atoms with E-state index >= 15 is 0 Å². The average molecular weight is 799 g/mol. The second-order valence-electron chi connectivity index (χ2n) is 19.7. The van der Waals surface area contributed by atoms with Gasteiger partial charge < -0.3 is 0 Å². The Hall–Kier alpha value is -4.96. The molecule has 4 nitrogen and oxygen atoms in total. The summed E-state index contributed by atoms with van der Waals surface area (Å²) < 4.78 is 9.67. The van der Waals surface area contributed by atoms with Gasteiger partial charge in [-0.15, -0.1) is 0 Å². The number of rotatable bonds is 12. The van der Waals surface area contributed by atoms with Crippen LogP contribution >= 0.6 is 0 Å². The first-order valence-corrected chi connectivity index (χ1v) is 22.9. The van der Waals surface area contributed by atoms with E-state index in [9.17, 15) is 0 Å². The van der Waals surface area contributed by atoms with Crippen molar-refractivity contribution >= 4 is 22.1 Å². The van der Waals surface area contributed by atoms with Crippen LogP contribution in [0.25, 0.3) is 44.8 Å². The van der Waals surface area contributed by atoms with Crippen molar-refractivity contribution in [3.05, 3.63) is 142 Å². The van der Waals surface area contributed by atoms with Crippen LogP contribution in [-0.2, 0) is 0 Å². The number of nitrogens with zero attached hydrogens (tertiary/aromatic N) is 4. The maximum Gasteiger partial charge on any atom is 0.269 e. The molecule has 0 radical (unpaired) electrons.